The molecule has 1 aromatic rings. The molecular weight excluding hydrogens is 546 g/mol. The first-order chi connectivity index (χ1) is 20.5. The second-order valence-electron chi connectivity index (χ2n) is 13.6. The zero-order chi connectivity index (χ0) is 30.5. The Kier molecular flexibility index (Phi) is 7.87. The smallest absolute Gasteiger partial charge is 0.337 e. The van der Waals surface area contributed by atoms with Crippen LogP contribution in [0.3, 0.4) is 0 Å². The van der Waals surface area contributed by atoms with Crippen LogP contribution in [0.1, 0.15) is 82.9 Å². The van der Waals surface area contributed by atoms with Crippen molar-refractivity contribution in [2.75, 3.05) is 20.2 Å². The fourth-order valence-electron chi connectivity index (χ4n) is 7.63. The van der Waals surface area contributed by atoms with Crippen molar-refractivity contribution in [2.45, 2.75) is 102 Å². The highest BCUT2D eigenvalue weighted by molar-refractivity contribution is 6.02. The molecule has 10 nitrogen and oxygen atoms in total. The van der Waals surface area contributed by atoms with Gasteiger partial charge in [-0.1, -0.05) is 31.6 Å². The largest absolute Gasteiger partial charge is 0.465 e. The number of esters is 1. The molecule has 3 unspecified atom stereocenters. The number of ether oxygens (including phenoxy) is 1. The topological polar surface area (TPSA) is 129 Å². The van der Waals surface area contributed by atoms with Crippen LogP contribution in [0.5, 0.6) is 0 Å². The molecule has 2 saturated carbocycles. The number of imidazole rings is 1. The van der Waals surface area contributed by atoms with Crippen molar-refractivity contribution in [3.05, 3.63) is 52.7 Å². The van der Waals surface area contributed by atoms with Crippen LogP contribution in [0.25, 0.3) is 0 Å². The molecule has 3 atom stereocenters. The van der Waals surface area contributed by atoms with Crippen LogP contribution in [-0.2, 0) is 32.7 Å². The lowest BCUT2D eigenvalue weighted by molar-refractivity contribution is -0.136. The molecule has 2 bridgehead atoms. The first-order valence-corrected chi connectivity index (χ1v) is 15.9. The number of amidine groups is 1. The number of unbranched alkanes of at least 4 members (excludes halogenated alkanes) is 1. The third kappa shape index (κ3) is 5.37. The molecule has 43 heavy (non-hydrogen) atoms. The van der Waals surface area contributed by atoms with Gasteiger partial charge < -0.3 is 29.7 Å². The molecule has 3 heterocycles. The molecule has 6 rings (SSSR count). The molecule has 2 fully saturated rings. The number of hydrogen-bond donors (Lipinski definition) is 3. The van der Waals surface area contributed by atoms with Gasteiger partial charge in [-0.15, -0.1) is 0 Å². The minimum absolute atomic E-state index is 0.0503. The second kappa shape index (κ2) is 11.4. The summed E-state index contributed by atoms with van der Waals surface area (Å²) in [5.74, 6) is 1.67. The fourth-order valence-corrected chi connectivity index (χ4v) is 7.63. The van der Waals surface area contributed by atoms with Gasteiger partial charge in [-0.05, 0) is 63.9 Å². The zero-order valence-electron chi connectivity index (χ0n) is 25.8. The van der Waals surface area contributed by atoms with E-state index >= 15 is 0 Å². The quantitative estimate of drug-likeness (QED) is 0.282. The SMILES string of the molecule is CCCCc1nc2c(n1CC(C)(C)O)C13C=CC(C(=O)OC)=C(C1)C3N=C2NC(O)C1CCC(CN2CC=CC2=O)CC1. The van der Waals surface area contributed by atoms with Crippen molar-refractivity contribution in [1.29, 1.82) is 0 Å². The molecule has 3 aliphatic carbocycles. The van der Waals surface area contributed by atoms with Crippen LogP contribution >= 0.6 is 0 Å². The molecule has 1 spiro atoms. The first-order valence-electron chi connectivity index (χ1n) is 15.9. The molecule has 0 radical (unpaired) electrons. The third-order valence-corrected chi connectivity index (χ3v) is 9.87. The zero-order valence-corrected chi connectivity index (χ0v) is 25.8. The molecular formula is C33H45N5O5. The maximum Gasteiger partial charge on any atom is 0.337 e. The Hall–Kier alpha value is -3.24. The van der Waals surface area contributed by atoms with E-state index in [0.717, 1.165) is 74.3 Å². The average molecular weight is 592 g/mol. The Morgan fingerprint density at radius 2 is 2.02 bits per heavy atom. The van der Waals surface area contributed by atoms with E-state index in [2.05, 4.69) is 22.9 Å². The molecule has 10 heteroatoms. The maximum atomic E-state index is 12.6. The number of amides is 1. The minimum Gasteiger partial charge on any atom is -0.465 e. The van der Waals surface area contributed by atoms with Gasteiger partial charge in [0, 0.05) is 31.5 Å². The Balaban J connectivity index is 1.28. The van der Waals surface area contributed by atoms with Crippen LogP contribution < -0.4 is 5.32 Å². The number of nitrogens with zero attached hydrogens (tertiary/aromatic N) is 4. The van der Waals surface area contributed by atoms with Crippen molar-refractivity contribution >= 4 is 17.7 Å². The normalized spacial score (nSPS) is 28.3. The molecule has 232 valence electrons. The predicted molar refractivity (Wildman–Crippen MR) is 162 cm³/mol. The standard InChI is InChI=1S/C33H45N5O5/c1-5-6-8-24-34-26-28(38(24)19-32(2,3)42)33-15-14-22(31(41)43-4)23(17-33)27(33)35-29(26)36-30(40)21-12-10-20(11-13-21)18-37-16-7-9-25(37)39/h7,9,14-15,20-21,27,30,40,42H,5-6,8,10-13,16-19H2,1-4H3,(H,35,36). The number of nitrogens with one attached hydrogen (secondary N) is 1. The Labute approximate surface area is 253 Å². The van der Waals surface area contributed by atoms with Crippen LogP contribution in [0.15, 0.2) is 40.4 Å². The van der Waals surface area contributed by atoms with Crippen LogP contribution in [0.2, 0.25) is 0 Å². The second-order valence-corrected chi connectivity index (χ2v) is 13.6. The van der Waals surface area contributed by atoms with Crippen LogP contribution in [-0.4, -0.2) is 80.4 Å². The average Bonchev–Trinajstić information content (AvgIpc) is 3.55. The maximum absolute atomic E-state index is 12.6. The van der Waals surface area contributed by atoms with Gasteiger partial charge in [-0.2, -0.15) is 0 Å². The van der Waals surface area contributed by atoms with E-state index in [1.54, 1.807) is 6.08 Å². The molecule has 1 amide bonds. The van der Waals surface area contributed by atoms with Crippen molar-refractivity contribution in [2.24, 2.45) is 16.8 Å². The van der Waals surface area contributed by atoms with Gasteiger partial charge in [0.15, 0.2) is 5.84 Å². The lowest BCUT2D eigenvalue weighted by Crippen LogP contribution is -2.57. The third-order valence-electron chi connectivity index (χ3n) is 9.87. The summed E-state index contributed by atoms with van der Waals surface area (Å²) in [6.07, 6.45) is 13.7. The van der Waals surface area contributed by atoms with Gasteiger partial charge in [0.2, 0.25) is 5.91 Å². The Morgan fingerprint density at radius 1 is 1.26 bits per heavy atom. The Bertz CT molecular complexity index is 1410. The highest BCUT2D eigenvalue weighted by atomic mass is 16.5. The van der Waals surface area contributed by atoms with Crippen molar-refractivity contribution in [3.8, 4) is 0 Å². The number of carbonyl (C=O) groups excluding carboxylic acids is 2. The summed E-state index contributed by atoms with van der Waals surface area (Å²) >= 11 is 0. The van der Waals surface area contributed by atoms with Gasteiger partial charge in [-0.25, -0.2) is 9.78 Å². The Morgan fingerprint density at radius 3 is 2.65 bits per heavy atom. The van der Waals surface area contributed by atoms with Crippen molar-refractivity contribution in [1.82, 2.24) is 19.8 Å². The number of fused-ring (bicyclic) bond motifs is 3. The van der Waals surface area contributed by atoms with E-state index in [4.69, 9.17) is 14.7 Å². The number of aliphatic hydroxyl groups is 2. The number of rotatable bonds is 10. The lowest BCUT2D eigenvalue weighted by Gasteiger charge is -2.53. The molecule has 0 saturated heterocycles. The number of hydrogen-bond acceptors (Lipinski definition) is 8. The highest BCUT2D eigenvalue weighted by Crippen LogP contribution is 2.57. The molecule has 3 N–H and O–H groups in total. The highest BCUT2D eigenvalue weighted by Gasteiger charge is 2.59. The van der Waals surface area contributed by atoms with E-state index in [-0.39, 0.29) is 23.8 Å². The molecule has 0 aromatic carbocycles. The monoisotopic (exact) mass is 591 g/mol. The van der Waals surface area contributed by atoms with E-state index in [0.29, 0.717) is 36.8 Å². The van der Waals surface area contributed by atoms with Gasteiger partial charge in [0.25, 0.3) is 0 Å². The molecule has 1 aromatic heterocycles. The molecule has 2 aliphatic heterocycles. The number of aliphatic imine (C=N–C) groups is 1. The van der Waals surface area contributed by atoms with Gasteiger partial charge in [-0.3, -0.25) is 9.79 Å². The summed E-state index contributed by atoms with van der Waals surface area (Å²) in [6.45, 7) is 7.61. The minimum atomic E-state index is -0.963. The number of aryl methyl sites for hydroxylation is 1. The number of aliphatic hydroxyl groups excluding tert-OH is 1. The summed E-state index contributed by atoms with van der Waals surface area (Å²) in [5.41, 5.74) is 1.78. The van der Waals surface area contributed by atoms with Crippen molar-refractivity contribution < 1.29 is 24.5 Å². The van der Waals surface area contributed by atoms with Gasteiger partial charge in [0.1, 0.15) is 17.7 Å². The van der Waals surface area contributed by atoms with Gasteiger partial charge in [0.05, 0.1) is 42.0 Å². The lowest BCUT2D eigenvalue weighted by atomic mass is 9.54. The van der Waals surface area contributed by atoms with E-state index in [1.807, 2.05) is 30.9 Å². The van der Waals surface area contributed by atoms with Crippen molar-refractivity contribution in [3.63, 3.8) is 0 Å². The number of methoxy groups -OCH3 is 1. The fraction of sp³-hybridized carbons (Fsp3) is 0.636. The predicted octanol–water partition coefficient (Wildman–Crippen LogP) is 2.92. The van der Waals surface area contributed by atoms with E-state index in [9.17, 15) is 19.8 Å². The summed E-state index contributed by atoms with van der Waals surface area (Å²) < 4.78 is 7.24. The van der Waals surface area contributed by atoms with Gasteiger partial charge >= 0.3 is 5.97 Å². The first kappa shape index (κ1) is 29.8. The van der Waals surface area contributed by atoms with E-state index in [1.165, 1.54) is 7.11 Å². The summed E-state index contributed by atoms with van der Waals surface area (Å²) in [4.78, 5) is 36.8. The van der Waals surface area contributed by atoms with Crippen LogP contribution in [0, 0.1) is 11.8 Å². The summed E-state index contributed by atoms with van der Waals surface area (Å²) in [7, 11) is 1.39. The number of carbonyl (C=O) groups is 2. The molecule has 5 aliphatic rings. The summed E-state index contributed by atoms with van der Waals surface area (Å²) in [5, 5.41) is 25.8. The summed E-state index contributed by atoms with van der Waals surface area (Å²) in [6, 6.07) is -0.299. The number of aromatic nitrogens is 2. The van der Waals surface area contributed by atoms with Crippen LogP contribution in [0.4, 0.5) is 0 Å². The van der Waals surface area contributed by atoms with E-state index < -0.39 is 17.2 Å².